The van der Waals surface area contributed by atoms with Crippen LogP contribution >= 0.6 is 0 Å². The Morgan fingerprint density at radius 1 is 1.21 bits per heavy atom. The third-order valence-corrected chi connectivity index (χ3v) is 2.25. The molecule has 1 aromatic carbocycles. The zero-order valence-electron chi connectivity index (χ0n) is 11.3. The van der Waals surface area contributed by atoms with Crippen LogP contribution in [0.15, 0.2) is 30.4 Å². The van der Waals surface area contributed by atoms with Gasteiger partial charge in [0.2, 0.25) is 5.75 Å². The van der Waals surface area contributed by atoms with Crippen LogP contribution in [0, 0.1) is 0 Å². The number of para-hydroxylation sites is 1. The Balaban J connectivity index is 2.64. The standard InChI is InChI=1S/C14H18O5/c1-4-18-13(15)9-6-10-19-14-11(16-2)7-5-8-12(14)17-3/h5-9H,4,10H2,1-3H3/b9-6+. The van der Waals surface area contributed by atoms with Gasteiger partial charge in [0, 0.05) is 6.08 Å². The van der Waals surface area contributed by atoms with Crippen LogP contribution in [0.25, 0.3) is 0 Å². The predicted octanol–water partition coefficient (Wildman–Crippen LogP) is 2.20. The number of benzene rings is 1. The fourth-order valence-electron chi connectivity index (χ4n) is 1.43. The number of rotatable bonds is 7. The van der Waals surface area contributed by atoms with Crippen molar-refractivity contribution in [1.29, 1.82) is 0 Å². The van der Waals surface area contributed by atoms with E-state index in [1.165, 1.54) is 6.08 Å². The van der Waals surface area contributed by atoms with Crippen molar-refractivity contribution >= 4 is 5.97 Å². The van der Waals surface area contributed by atoms with Crippen LogP contribution in [0.5, 0.6) is 17.2 Å². The van der Waals surface area contributed by atoms with Crippen molar-refractivity contribution < 1.29 is 23.7 Å². The summed E-state index contributed by atoms with van der Waals surface area (Å²) in [7, 11) is 3.10. The molecule has 0 saturated carbocycles. The molecule has 5 nitrogen and oxygen atoms in total. The van der Waals surface area contributed by atoms with Gasteiger partial charge in [-0.3, -0.25) is 0 Å². The van der Waals surface area contributed by atoms with Crippen molar-refractivity contribution in [1.82, 2.24) is 0 Å². The molecular weight excluding hydrogens is 248 g/mol. The van der Waals surface area contributed by atoms with Gasteiger partial charge in [-0.1, -0.05) is 6.07 Å². The summed E-state index contributed by atoms with van der Waals surface area (Å²) in [6.45, 7) is 2.32. The maximum atomic E-state index is 11.1. The van der Waals surface area contributed by atoms with E-state index < -0.39 is 5.97 Å². The van der Waals surface area contributed by atoms with E-state index in [0.717, 1.165) is 0 Å². The first-order valence-corrected chi connectivity index (χ1v) is 5.90. The second-order valence-electron chi connectivity index (χ2n) is 3.46. The fourth-order valence-corrected chi connectivity index (χ4v) is 1.43. The lowest BCUT2D eigenvalue weighted by molar-refractivity contribution is -0.137. The summed E-state index contributed by atoms with van der Waals surface area (Å²) in [5, 5.41) is 0. The number of methoxy groups -OCH3 is 2. The van der Waals surface area contributed by atoms with E-state index in [1.54, 1.807) is 45.4 Å². The van der Waals surface area contributed by atoms with Gasteiger partial charge in [0.05, 0.1) is 20.8 Å². The van der Waals surface area contributed by atoms with Gasteiger partial charge in [-0.05, 0) is 25.1 Å². The number of esters is 1. The lowest BCUT2D eigenvalue weighted by atomic mass is 10.3. The third-order valence-electron chi connectivity index (χ3n) is 2.25. The Morgan fingerprint density at radius 2 is 1.84 bits per heavy atom. The van der Waals surface area contributed by atoms with Gasteiger partial charge in [0.15, 0.2) is 11.5 Å². The Morgan fingerprint density at radius 3 is 2.37 bits per heavy atom. The number of hydrogen-bond acceptors (Lipinski definition) is 5. The van der Waals surface area contributed by atoms with Crippen LogP contribution in [-0.4, -0.2) is 33.4 Å². The molecule has 0 aliphatic rings. The molecule has 0 radical (unpaired) electrons. The molecule has 0 saturated heterocycles. The van der Waals surface area contributed by atoms with Crippen molar-refractivity contribution in [3.8, 4) is 17.2 Å². The van der Waals surface area contributed by atoms with Gasteiger partial charge in [-0.25, -0.2) is 4.79 Å². The van der Waals surface area contributed by atoms with E-state index in [0.29, 0.717) is 23.9 Å². The Labute approximate surface area is 112 Å². The van der Waals surface area contributed by atoms with Crippen LogP contribution in [0.2, 0.25) is 0 Å². The SMILES string of the molecule is CCOC(=O)/C=C/COc1c(OC)cccc1OC. The third kappa shape index (κ3) is 4.54. The maximum absolute atomic E-state index is 11.1. The predicted molar refractivity (Wildman–Crippen MR) is 70.8 cm³/mol. The molecule has 0 aliphatic carbocycles. The highest BCUT2D eigenvalue weighted by atomic mass is 16.5. The highest BCUT2D eigenvalue weighted by Crippen LogP contribution is 2.36. The van der Waals surface area contributed by atoms with Crippen LogP contribution in [-0.2, 0) is 9.53 Å². The number of ether oxygens (including phenoxy) is 4. The zero-order valence-corrected chi connectivity index (χ0v) is 11.3. The van der Waals surface area contributed by atoms with E-state index in [9.17, 15) is 4.79 Å². The van der Waals surface area contributed by atoms with Crippen LogP contribution in [0.1, 0.15) is 6.92 Å². The number of hydrogen-bond donors (Lipinski definition) is 0. The average Bonchev–Trinajstić information content (AvgIpc) is 2.43. The molecule has 0 bridgehead atoms. The minimum absolute atomic E-state index is 0.218. The van der Waals surface area contributed by atoms with Gasteiger partial charge in [0.25, 0.3) is 0 Å². The average molecular weight is 266 g/mol. The van der Waals surface area contributed by atoms with E-state index in [1.807, 2.05) is 0 Å². The Hall–Kier alpha value is -2.17. The van der Waals surface area contributed by atoms with E-state index in [4.69, 9.17) is 18.9 Å². The second-order valence-corrected chi connectivity index (χ2v) is 3.46. The molecule has 0 spiro atoms. The molecule has 19 heavy (non-hydrogen) atoms. The van der Waals surface area contributed by atoms with Crippen molar-refractivity contribution in [3.05, 3.63) is 30.4 Å². The fraction of sp³-hybridized carbons (Fsp3) is 0.357. The second kappa shape index (κ2) is 8.02. The molecule has 104 valence electrons. The van der Waals surface area contributed by atoms with Crippen molar-refractivity contribution in [2.24, 2.45) is 0 Å². The van der Waals surface area contributed by atoms with Crippen molar-refractivity contribution in [3.63, 3.8) is 0 Å². The number of carbonyl (C=O) groups excluding carboxylic acids is 1. The Kier molecular flexibility index (Phi) is 6.29. The van der Waals surface area contributed by atoms with Crippen LogP contribution < -0.4 is 14.2 Å². The normalized spacial score (nSPS) is 10.3. The first-order chi connectivity index (χ1) is 9.22. The molecule has 0 N–H and O–H groups in total. The van der Waals surface area contributed by atoms with Gasteiger partial charge >= 0.3 is 5.97 Å². The van der Waals surface area contributed by atoms with Crippen molar-refractivity contribution in [2.75, 3.05) is 27.4 Å². The first-order valence-electron chi connectivity index (χ1n) is 5.90. The van der Waals surface area contributed by atoms with Gasteiger partial charge < -0.3 is 18.9 Å². The zero-order chi connectivity index (χ0) is 14.1. The summed E-state index contributed by atoms with van der Waals surface area (Å²) in [5.74, 6) is 1.26. The van der Waals surface area contributed by atoms with Gasteiger partial charge in [0.1, 0.15) is 6.61 Å². The van der Waals surface area contributed by atoms with E-state index in [-0.39, 0.29) is 6.61 Å². The molecule has 0 heterocycles. The molecule has 5 heteroatoms. The smallest absolute Gasteiger partial charge is 0.330 e. The maximum Gasteiger partial charge on any atom is 0.330 e. The lowest BCUT2D eigenvalue weighted by Gasteiger charge is -2.12. The highest BCUT2D eigenvalue weighted by Gasteiger charge is 2.10. The molecular formula is C14H18O5. The number of carbonyl (C=O) groups is 1. The van der Waals surface area contributed by atoms with Crippen molar-refractivity contribution in [2.45, 2.75) is 6.92 Å². The Bertz CT molecular complexity index is 417. The van der Waals surface area contributed by atoms with E-state index in [2.05, 4.69) is 0 Å². The highest BCUT2D eigenvalue weighted by molar-refractivity contribution is 5.81. The quantitative estimate of drug-likeness (QED) is 0.559. The lowest BCUT2D eigenvalue weighted by Crippen LogP contribution is -2.02. The summed E-state index contributed by atoms with van der Waals surface area (Å²) in [5.41, 5.74) is 0. The van der Waals surface area contributed by atoms with Crippen LogP contribution in [0.3, 0.4) is 0 Å². The summed E-state index contributed by atoms with van der Waals surface area (Å²) >= 11 is 0. The minimum atomic E-state index is -0.391. The molecule has 0 unspecified atom stereocenters. The minimum Gasteiger partial charge on any atom is -0.493 e. The summed E-state index contributed by atoms with van der Waals surface area (Å²) < 4.78 is 20.7. The summed E-state index contributed by atoms with van der Waals surface area (Å²) in [6, 6.07) is 5.35. The molecule has 0 aliphatic heterocycles. The van der Waals surface area contributed by atoms with Gasteiger partial charge in [-0.15, -0.1) is 0 Å². The molecule has 0 amide bonds. The monoisotopic (exact) mass is 266 g/mol. The molecule has 0 aromatic heterocycles. The molecule has 0 fully saturated rings. The van der Waals surface area contributed by atoms with E-state index >= 15 is 0 Å². The largest absolute Gasteiger partial charge is 0.493 e. The van der Waals surface area contributed by atoms with Gasteiger partial charge in [-0.2, -0.15) is 0 Å². The first kappa shape index (κ1) is 14.9. The topological polar surface area (TPSA) is 54.0 Å². The summed E-state index contributed by atoms with van der Waals surface area (Å²) in [6.07, 6.45) is 2.90. The molecule has 1 rings (SSSR count). The van der Waals surface area contributed by atoms with Crippen LogP contribution in [0.4, 0.5) is 0 Å². The molecule has 0 atom stereocenters. The summed E-state index contributed by atoms with van der Waals surface area (Å²) in [4.78, 5) is 11.1. The molecule has 1 aromatic rings.